The third-order valence-electron chi connectivity index (χ3n) is 3.94. The molecule has 1 aliphatic heterocycles. The molecule has 6 heteroatoms. The molecule has 0 amide bonds. The van der Waals surface area contributed by atoms with Crippen molar-refractivity contribution in [3.8, 4) is 0 Å². The normalized spacial score (nSPS) is 14.7. The number of morpholine rings is 1. The van der Waals surface area contributed by atoms with Crippen LogP contribution in [0.25, 0.3) is 6.08 Å². The van der Waals surface area contributed by atoms with E-state index in [1.807, 2.05) is 12.1 Å². The topological polar surface area (TPSA) is 69.0 Å². The maximum atomic E-state index is 12.2. The second-order valence-electron chi connectivity index (χ2n) is 5.54. The number of carbonyl (C=O) groups excluding carboxylic acids is 2. The lowest BCUT2D eigenvalue weighted by atomic mass is 10.1. The molecule has 3 rings (SSSR count). The van der Waals surface area contributed by atoms with Gasteiger partial charge >= 0.3 is 5.97 Å². The number of hydrogen-bond acceptors (Lipinski definition) is 6. The van der Waals surface area contributed by atoms with Crippen LogP contribution in [0.1, 0.15) is 26.7 Å². The summed E-state index contributed by atoms with van der Waals surface area (Å²) in [7, 11) is 1.28. The quantitative estimate of drug-likeness (QED) is 0.473. The molecule has 25 heavy (non-hydrogen) atoms. The fourth-order valence-corrected chi connectivity index (χ4v) is 2.56. The SMILES string of the molecule is COC(=O)c1ccc(/C=C/C(=O)c2ccc(N3CCOCC3)cc2)o1. The first-order chi connectivity index (χ1) is 12.2. The van der Waals surface area contributed by atoms with Gasteiger partial charge in [-0.1, -0.05) is 0 Å². The summed E-state index contributed by atoms with van der Waals surface area (Å²) in [6.45, 7) is 3.16. The van der Waals surface area contributed by atoms with E-state index in [4.69, 9.17) is 9.15 Å². The van der Waals surface area contributed by atoms with E-state index in [-0.39, 0.29) is 11.5 Å². The molecule has 1 saturated heterocycles. The molecule has 1 fully saturated rings. The predicted molar refractivity (Wildman–Crippen MR) is 92.9 cm³/mol. The largest absolute Gasteiger partial charge is 0.463 e. The van der Waals surface area contributed by atoms with Gasteiger partial charge in [-0.05, 0) is 48.6 Å². The monoisotopic (exact) mass is 341 g/mol. The predicted octanol–water partition coefficient (Wildman–Crippen LogP) is 2.80. The first kappa shape index (κ1) is 17.0. The molecule has 0 spiro atoms. The Bertz CT molecular complexity index is 769. The number of methoxy groups -OCH3 is 1. The molecule has 0 aliphatic carbocycles. The van der Waals surface area contributed by atoms with Gasteiger partial charge in [-0.25, -0.2) is 4.79 Å². The van der Waals surface area contributed by atoms with Crippen LogP contribution < -0.4 is 4.90 Å². The van der Waals surface area contributed by atoms with Gasteiger partial charge in [0.2, 0.25) is 5.76 Å². The first-order valence-electron chi connectivity index (χ1n) is 8.01. The summed E-state index contributed by atoms with van der Waals surface area (Å²) in [4.78, 5) is 25.8. The lowest BCUT2D eigenvalue weighted by molar-refractivity contribution is 0.0564. The fraction of sp³-hybridized carbons (Fsp3) is 0.263. The Morgan fingerprint density at radius 3 is 2.48 bits per heavy atom. The number of benzene rings is 1. The Morgan fingerprint density at radius 1 is 1.08 bits per heavy atom. The molecule has 2 heterocycles. The average Bonchev–Trinajstić information content (AvgIpc) is 3.15. The Kier molecular flexibility index (Phi) is 5.30. The highest BCUT2D eigenvalue weighted by atomic mass is 16.5. The van der Waals surface area contributed by atoms with Gasteiger partial charge in [0.1, 0.15) is 5.76 Å². The van der Waals surface area contributed by atoms with Crippen molar-refractivity contribution in [2.75, 3.05) is 38.3 Å². The van der Waals surface area contributed by atoms with Crippen molar-refractivity contribution in [2.24, 2.45) is 0 Å². The van der Waals surface area contributed by atoms with E-state index in [0.717, 1.165) is 32.0 Å². The van der Waals surface area contributed by atoms with E-state index in [9.17, 15) is 9.59 Å². The molecule has 130 valence electrons. The van der Waals surface area contributed by atoms with Gasteiger partial charge in [-0.3, -0.25) is 4.79 Å². The van der Waals surface area contributed by atoms with Crippen LogP contribution in [0.3, 0.4) is 0 Å². The van der Waals surface area contributed by atoms with Crippen molar-refractivity contribution in [1.29, 1.82) is 0 Å². The molecule has 1 aromatic carbocycles. The number of esters is 1. The zero-order chi connectivity index (χ0) is 17.6. The van der Waals surface area contributed by atoms with Crippen LogP contribution in [0, 0.1) is 0 Å². The maximum absolute atomic E-state index is 12.2. The number of carbonyl (C=O) groups is 2. The Labute approximate surface area is 145 Å². The summed E-state index contributed by atoms with van der Waals surface area (Å²) in [5.74, 6) is -0.169. The molecule has 0 atom stereocenters. The summed E-state index contributed by atoms with van der Waals surface area (Å²) in [6.07, 6.45) is 2.95. The zero-order valence-corrected chi connectivity index (χ0v) is 13.9. The first-order valence-corrected chi connectivity index (χ1v) is 8.01. The van der Waals surface area contributed by atoms with Crippen LogP contribution in [-0.4, -0.2) is 45.2 Å². The number of anilines is 1. The zero-order valence-electron chi connectivity index (χ0n) is 13.9. The molecule has 0 radical (unpaired) electrons. The van der Waals surface area contributed by atoms with E-state index in [0.29, 0.717) is 11.3 Å². The van der Waals surface area contributed by atoms with Gasteiger partial charge in [-0.15, -0.1) is 0 Å². The second kappa shape index (κ2) is 7.81. The summed E-state index contributed by atoms with van der Waals surface area (Å²) in [6, 6.07) is 10.6. The molecular formula is C19H19NO5. The third kappa shape index (κ3) is 4.16. The van der Waals surface area contributed by atoms with Crippen molar-refractivity contribution in [2.45, 2.75) is 0 Å². The summed E-state index contributed by atoms with van der Waals surface area (Å²) >= 11 is 0. The van der Waals surface area contributed by atoms with Crippen molar-refractivity contribution in [1.82, 2.24) is 0 Å². The maximum Gasteiger partial charge on any atom is 0.373 e. The van der Waals surface area contributed by atoms with E-state index >= 15 is 0 Å². The molecule has 0 saturated carbocycles. The van der Waals surface area contributed by atoms with Crippen LogP contribution in [0.4, 0.5) is 5.69 Å². The highest BCUT2D eigenvalue weighted by Gasteiger charge is 2.12. The van der Waals surface area contributed by atoms with E-state index in [1.165, 1.54) is 25.3 Å². The van der Waals surface area contributed by atoms with Gasteiger partial charge in [0.15, 0.2) is 5.78 Å². The molecule has 1 aliphatic rings. The summed E-state index contributed by atoms with van der Waals surface area (Å²) < 4.78 is 15.2. The van der Waals surface area contributed by atoms with Gasteiger partial charge in [0, 0.05) is 24.3 Å². The number of ether oxygens (including phenoxy) is 2. The molecule has 2 aromatic rings. The Hall–Kier alpha value is -2.86. The summed E-state index contributed by atoms with van der Waals surface area (Å²) in [5, 5.41) is 0. The van der Waals surface area contributed by atoms with Gasteiger partial charge < -0.3 is 18.8 Å². The van der Waals surface area contributed by atoms with Crippen molar-refractivity contribution in [3.63, 3.8) is 0 Å². The Morgan fingerprint density at radius 2 is 1.80 bits per heavy atom. The molecule has 0 unspecified atom stereocenters. The molecule has 6 nitrogen and oxygen atoms in total. The van der Waals surface area contributed by atoms with Crippen LogP contribution in [0.15, 0.2) is 46.9 Å². The van der Waals surface area contributed by atoms with Gasteiger partial charge in [0.25, 0.3) is 0 Å². The molecule has 0 bridgehead atoms. The number of nitrogens with zero attached hydrogens (tertiary/aromatic N) is 1. The second-order valence-corrected chi connectivity index (χ2v) is 5.54. The number of allylic oxidation sites excluding steroid dienone is 1. The molecule has 1 aromatic heterocycles. The van der Waals surface area contributed by atoms with Gasteiger partial charge in [-0.2, -0.15) is 0 Å². The Balaban J connectivity index is 1.64. The third-order valence-corrected chi connectivity index (χ3v) is 3.94. The minimum Gasteiger partial charge on any atom is -0.463 e. The average molecular weight is 341 g/mol. The number of furan rings is 1. The van der Waals surface area contributed by atoms with Crippen LogP contribution in [-0.2, 0) is 9.47 Å². The minimum absolute atomic E-state index is 0.101. The van der Waals surface area contributed by atoms with E-state index in [2.05, 4.69) is 9.64 Å². The van der Waals surface area contributed by atoms with Crippen molar-refractivity contribution >= 4 is 23.5 Å². The van der Waals surface area contributed by atoms with Gasteiger partial charge in [0.05, 0.1) is 20.3 Å². The highest BCUT2D eigenvalue weighted by molar-refractivity contribution is 6.06. The van der Waals surface area contributed by atoms with E-state index < -0.39 is 5.97 Å². The standard InChI is InChI=1S/C19H19NO5/c1-23-19(22)18-9-7-16(25-18)6-8-17(21)14-2-4-15(5-3-14)20-10-12-24-13-11-20/h2-9H,10-13H2,1H3/b8-6+. The molecular weight excluding hydrogens is 322 g/mol. The van der Waals surface area contributed by atoms with Crippen molar-refractivity contribution < 1.29 is 23.5 Å². The highest BCUT2D eigenvalue weighted by Crippen LogP contribution is 2.17. The minimum atomic E-state index is -0.551. The number of ketones is 1. The fourth-order valence-electron chi connectivity index (χ4n) is 2.56. The molecule has 0 N–H and O–H groups in total. The van der Waals surface area contributed by atoms with Crippen LogP contribution >= 0.6 is 0 Å². The van der Waals surface area contributed by atoms with Crippen molar-refractivity contribution in [3.05, 3.63) is 59.6 Å². The number of rotatable bonds is 5. The van der Waals surface area contributed by atoms with E-state index in [1.54, 1.807) is 18.2 Å². The smallest absolute Gasteiger partial charge is 0.373 e. The van der Waals surface area contributed by atoms with Crippen LogP contribution in [0.2, 0.25) is 0 Å². The number of hydrogen-bond donors (Lipinski definition) is 0. The lowest BCUT2D eigenvalue weighted by Gasteiger charge is -2.28. The van der Waals surface area contributed by atoms with Crippen LogP contribution in [0.5, 0.6) is 0 Å². The lowest BCUT2D eigenvalue weighted by Crippen LogP contribution is -2.36. The summed E-state index contributed by atoms with van der Waals surface area (Å²) in [5.41, 5.74) is 1.67.